The van der Waals surface area contributed by atoms with E-state index in [4.69, 9.17) is 18.9 Å². The Morgan fingerprint density at radius 3 is 2.60 bits per heavy atom. The van der Waals surface area contributed by atoms with Crippen molar-refractivity contribution in [3.8, 4) is 17.3 Å². The molecule has 8 nitrogen and oxygen atoms in total. The highest BCUT2D eigenvalue weighted by molar-refractivity contribution is 9.10. The maximum atomic E-state index is 13.7. The van der Waals surface area contributed by atoms with E-state index in [1.165, 1.54) is 11.8 Å². The molecule has 0 unspecified atom stereocenters. The van der Waals surface area contributed by atoms with E-state index in [0.29, 0.717) is 33.6 Å². The molecule has 0 amide bonds. The number of hydrogen-bond donors (Lipinski definition) is 0. The van der Waals surface area contributed by atoms with Crippen LogP contribution in [0.25, 0.3) is 44.2 Å². The summed E-state index contributed by atoms with van der Waals surface area (Å²) in [6.07, 6.45) is 0.691. The molecule has 0 N–H and O–H groups in total. The zero-order valence-corrected chi connectivity index (χ0v) is 23.1. The van der Waals surface area contributed by atoms with Gasteiger partial charge < -0.3 is 13.9 Å². The molecule has 0 aliphatic carbocycles. The first kappa shape index (κ1) is 25.5. The molecule has 0 saturated carbocycles. The summed E-state index contributed by atoms with van der Waals surface area (Å²) in [4.78, 5) is 30.6. The lowest BCUT2D eigenvalue weighted by molar-refractivity contribution is -0.147. The summed E-state index contributed by atoms with van der Waals surface area (Å²) < 4.78 is 19.0. The van der Waals surface area contributed by atoms with Crippen molar-refractivity contribution in [2.45, 2.75) is 13.0 Å². The van der Waals surface area contributed by atoms with Gasteiger partial charge in [-0.05, 0) is 60.2 Å². The number of methoxy groups -OCH3 is 1. The number of rotatable bonds is 6. The van der Waals surface area contributed by atoms with Crippen molar-refractivity contribution in [2.75, 3.05) is 7.11 Å². The van der Waals surface area contributed by atoms with Gasteiger partial charge >= 0.3 is 5.97 Å². The van der Waals surface area contributed by atoms with Crippen molar-refractivity contribution >= 4 is 60.8 Å². The molecule has 198 valence electrons. The van der Waals surface area contributed by atoms with Crippen LogP contribution in [0, 0.1) is 0 Å². The summed E-state index contributed by atoms with van der Waals surface area (Å²) in [5.74, 6) is 0.543. The fourth-order valence-corrected chi connectivity index (χ4v) is 4.93. The van der Waals surface area contributed by atoms with Crippen molar-refractivity contribution in [2.24, 2.45) is 5.10 Å². The molecule has 2 aromatic heterocycles. The molecule has 6 rings (SSSR count). The molecular formula is C31H22BrN3O5. The Bertz CT molecular complexity index is 2010. The normalized spacial score (nSPS) is 12.4. The Balaban J connectivity index is 1.56. The van der Waals surface area contributed by atoms with Gasteiger partial charge in [-0.2, -0.15) is 9.78 Å². The molecular weight excluding hydrogens is 574 g/mol. The Labute approximate surface area is 236 Å². The molecule has 0 saturated heterocycles. The molecule has 4 aromatic carbocycles. The third-order valence-corrected chi connectivity index (χ3v) is 7.02. The minimum Gasteiger partial charge on any atom is -0.478 e. The summed E-state index contributed by atoms with van der Waals surface area (Å²) in [5.41, 5.74) is 1.41. The molecule has 0 aliphatic heterocycles. The number of carbonyl (C=O) groups excluding carboxylic acids is 1. The molecule has 9 heteroatoms. The van der Waals surface area contributed by atoms with Gasteiger partial charge in [0.25, 0.3) is 5.56 Å². The maximum absolute atomic E-state index is 13.7. The zero-order chi connectivity index (χ0) is 27.8. The van der Waals surface area contributed by atoms with E-state index in [0.717, 1.165) is 20.6 Å². The van der Waals surface area contributed by atoms with Crippen LogP contribution in [0.1, 0.15) is 12.5 Å². The standard InChI is InChI=1S/C31H22BrN3O5/c1-18(31(37)38-2)39-27-13-11-19-7-3-4-8-22(19)24(27)17-33-35-29(34-25-10-6-5-9-23(25)30(35)36)28-16-20-15-21(32)12-14-26(20)40-28/h3-18H,1-2H3/t18-/m1/s1. The average Bonchev–Trinajstić information content (AvgIpc) is 3.39. The van der Waals surface area contributed by atoms with Crippen molar-refractivity contribution < 1.29 is 18.7 Å². The predicted molar refractivity (Wildman–Crippen MR) is 158 cm³/mol. The maximum Gasteiger partial charge on any atom is 0.346 e. The smallest absolute Gasteiger partial charge is 0.346 e. The molecule has 0 aliphatic rings. The van der Waals surface area contributed by atoms with Crippen molar-refractivity contribution in [3.63, 3.8) is 0 Å². The molecule has 40 heavy (non-hydrogen) atoms. The van der Waals surface area contributed by atoms with Gasteiger partial charge in [-0.15, -0.1) is 0 Å². The van der Waals surface area contributed by atoms with Crippen molar-refractivity contribution in [1.29, 1.82) is 0 Å². The highest BCUT2D eigenvalue weighted by Crippen LogP contribution is 2.30. The number of para-hydroxylation sites is 1. The number of benzene rings is 4. The quantitative estimate of drug-likeness (QED) is 0.160. The van der Waals surface area contributed by atoms with E-state index in [-0.39, 0.29) is 11.4 Å². The van der Waals surface area contributed by atoms with Gasteiger partial charge in [0.05, 0.1) is 24.2 Å². The topological polar surface area (TPSA) is 95.9 Å². The number of fused-ring (bicyclic) bond motifs is 3. The Hall–Kier alpha value is -4.76. The van der Waals surface area contributed by atoms with Gasteiger partial charge in [-0.1, -0.05) is 58.4 Å². The van der Waals surface area contributed by atoms with Crippen LogP contribution in [0.2, 0.25) is 0 Å². The lowest BCUT2D eigenvalue weighted by Crippen LogP contribution is -2.25. The largest absolute Gasteiger partial charge is 0.478 e. The third kappa shape index (κ3) is 4.65. The minimum absolute atomic E-state index is 0.248. The number of carbonyl (C=O) groups is 1. The second kappa shape index (κ2) is 10.4. The second-order valence-electron chi connectivity index (χ2n) is 9.09. The number of nitrogens with zero attached hydrogens (tertiary/aromatic N) is 3. The van der Waals surface area contributed by atoms with Crippen LogP contribution in [-0.2, 0) is 9.53 Å². The van der Waals surface area contributed by atoms with Crippen LogP contribution in [0.15, 0.2) is 104 Å². The van der Waals surface area contributed by atoms with E-state index < -0.39 is 12.1 Å². The van der Waals surface area contributed by atoms with E-state index in [1.54, 1.807) is 37.4 Å². The fourth-order valence-electron chi connectivity index (χ4n) is 4.55. The summed E-state index contributed by atoms with van der Waals surface area (Å²) in [5, 5.41) is 7.66. The number of halogens is 1. The van der Waals surface area contributed by atoms with E-state index in [9.17, 15) is 9.59 Å². The van der Waals surface area contributed by atoms with Crippen LogP contribution in [0.3, 0.4) is 0 Å². The monoisotopic (exact) mass is 595 g/mol. The third-order valence-electron chi connectivity index (χ3n) is 6.52. The van der Waals surface area contributed by atoms with Gasteiger partial charge in [-0.3, -0.25) is 4.79 Å². The zero-order valence-electron chi connectivity index (χ0n) is 21.5. The van der Waals surface area contributed by atoms with Gasteiger partial charge in [0.1, 0.15) is 11.3 Å². The number of hydrogen-bond acceptors (Lipinski definition) is 7. The van der Waals surface area contributed by atoms with Crippen LogP contribution in [0.5, 0.6) is 5.75 Å². The van der Waals surface area contributed by atoms with Crippen molar-refractivity contribution in [1.82, 2.24) is 9.66 Å². The lowest BCUT2D eigenvalue weighted by Gasteiger charge is -2.16. The minimum atomic E-state index is -0.853. The Morgan fingerprint density at radius 1 is 1.00 bits per heavy atom. The molecule has 6 aromatic rings. The van der Waals surface area contributed by atoms with Gasteiger partial charge in [-0.25, -0.2) is 9.78 Å². The molecule has 0 bridgehead atoms. The number of esters is 1. The predicted octanol–water partition coefficient (Wildman–Crippen LogP) is 6.55. The van der Waals surface area contributed by atoms with Crippen LogP contribution in [0.4, 0.5) is 0 Å². The SMILES string of the molecule is COC(=O)[C@@H](C)Oc1ccc2ccccc2c1C=Nn1c(-c2cc3cc(Br)ccc3o2)nc2ccccc2c1=O. The van der Waals surface area contributed by atoms with Crippen LogP contribution < -0.4 is 10.3 Å². The van der Waals surface area contributed by atoms with Crippen LogP contribution in [-0.4, -0.2) is 35.1 Å². The van der Waals surface area contributed by atoms with E-state index in [1.807, 2.05) is 60.7 Å². The highest BCUT2D eigenvalue weighted by Gasteiger charge is 2.19. The van der Waals surface area contributed by atoms with Gasteiger partial charge in [0, 0.05) is 15.4 Å². The first-order valence-corrected chi connectivity index (χ1v) is 13.2. The molecule has 1 atom stereocenters. The lowest BCUT2D eigenvalue weighted by atomic mass is 10.0. The molecule has 0 fully saturated rings. The fraction of sp³-hybridized carbons (Fsp3) is 0.0968. The first-order valence-electron chi connectivity index (χ1n) is 12.4. The highest BCUT2D eigenvalue weighted by atomic mass is 79.9. The van der Waals surface area contributed by atoms with Gasteiger partial charge in [0.2, 0.25) is 5.82 Å². The average molecular weight is 596 g/mol. The molecule has 0 radical (unpaired) electrons. The second-order valence-corrected chi connectivity index (χ2v) is 10.0. The number of furan rings is 1. The molecule has 2 heterocycles. The van der Waals surface area contributed by atoms with Crippen LogP contribution >= 0.6 is 15.9 Å². The van der Waals surface area contributed by atoms with Gasteiger partial charge in [0.15, 0.2) is 11.9 Å². The Morgan fingerprint density at radius 2 is 1.77 bits per heavy atom. The summed E-state index contributed by atoms with van der Waals surface area (Å²) in [6.45, 7) is 1.61. The van der Waals surface area contributed by atoms with E-state index in [2.05, 4.69) is 21.0 Å². The Kier molecular flexibility index (Phi) is 6.65. The molecule has 0 spiro atoms. The summed E-state index contributed by atoms with van der Waals surface area (Å²) in [6, 6.07) is 25.9. The summed E-state index contributed by atoms with van der Waals surface area (Å²) in [7, 11) is 1.31. The number of aromatic nitrogens is 2. The first-order chi connectivity index (χ1) is 19.4. The van der Waals surface area contributed by atoms with E-state index >= 15 is 0 Å². The number of ether oxygens (including phenoxy) is 2. The van der Waals surface area contributed by atoms with Crippen molar-refractivity contribution in [3.05, 3.63) is 105 Å². The summed E-state index contributed by atoms with van der Waals surface area (Å²) >= 11 is 3.49.